The number of nitrogens with one attached hydrogen (secondary N) is 1. The second-order valence-electron chi connectivity index (χ2n) is 5.13. The van der Waals surface area contributed by atoms with Crippen molar-refractivity contribution in [2.45, 2.75) is 31.4 Å². The standard InChI is InChI=1S/C14H18N2O4/c1-18-9-3-2-8(4-9)16-14(17)10-5-12-13(6-11(10)15)20-7-19-12/h5-6,8-9H,2-4,7,15H2,1H3,(H,16,17). The minimum Gasteiger partial charge on any atom is -0.454 e. The fourth-order valence-corrected chi connectivity index (χ4v) is 2.70. The molecular formula is C14H18N2O4. The van der Waals surface area contributed by atoms with E-state index in [1.54, 1.807) is 19.2 Å². The van der Waals surface area contributed by atoms with Gasteiger partial charge < -0.3 is 25.3 Å². The lowest BCUT2D eigenvalue weighted by Crippen LogP contribution is -2.33. The lowest BCUT2D eigenvalue weighted by molar-refractivity contribution is 0.0915. The van der Waals surface area contributed by atoms with Gasteiger partial charge in [-0.2, -0.15) is 0 Å². The van der Waals surface area contributed by atoms with E-state index >= 15 is 0 Å². The van der Waals surface area contributed by atoms with Crippen molar-refractivity contribution in [3.05, 3.63) is 17.7 Å². The third-order valence-electron chi connectivity index (χ3n) is 3.84. The Morgan fingerprint density at radius 1 is 1.35 bits per heavy atom. The number of carbonyl (C=O) groups excluding carboxylic acids is 1. The summed E-state index contributed by atoms with van der Waals surface area (Å²) in [5, 5.41) is 3.00. The van der Waals surface area contributed by atoms with Crippen molar-refractivity contribution in [2.75, 3.05) is 19.6 Å². The number of hydrogen-bond donors (Lipinski definition) is 2. The highest BCUT2D eigenvalue weighted by Crippen LogP contribution is 2.36. The predicted molar refractivity (Wildman–Crippen MR) is 72.9 cm³/mol. The van der Waals surface area contributed by atoms with E-state index in [-0.39, 0.29) is 24.8 Å². The average Bonchev–Trinajstić information content (AvgIpc) is 3.05. The Kier molecular flexibility index (Phi) is 3.40. The number of anilines is 1. The number of benzene rings is 1. The number of nitrogen functional groups attached to an aromatic ring is 1. The number of rotatable bonds is 3. The van der Waals surface area contributed by atoms with Gasteiger partial charge in [-0.05, 0) is 25.3 Å². The molecular weight excluding hydrogens is 260 g/mol. The number of nitrogens with two attached hydrogens (primary N) is 1. The molecule has 0 saturated heterocycles. The van der Waals surface area contributed by atoms with Gasteiger partial charge >= 0.3 is 0 Å². The normalized spacial score (nSPS) is 23.9. The summed E-state index contributed by atoms with van der Waals surface area (Å²) in [7, 11) is 1.70. The maximum absolute atomic E-state index is 12.3. The SMILES string of the molecule is COC1CCC(NC(=O)c2cc3c(cc2N)OCO3)C1. The molecule has 1 saturated carbocycles. The molecule has 1 aromatic carbocycles. The predicted octanol–water partition coefficient (Wildman–Crippen LogP) is 1.29. The highest BCUT2D eigenvalue weighted by atomic mass is 16.7. The first kappa shape index (κ1) is 13.1. The number of hydrogen-bond acceptors (Lipinski definition) is 5. The minimum absolute atomic E-state index is 0.136. The van der Waals surface area contributed by atoms with E-state index < -0.39 is 0 Å². The summed E-state index contributed by atoms with van der Waals surface area (Å²) in [4.78, 5) is 12.3. The van der Waals surface area contributed by atoms with Crippen molar-refractivity contribution in [3.8, 4) is 11.5 Å². The lowest BCUT2D eigenvalue weighted by atomic mass is 10.1. The summed E-state index contributed by atoms with van der Waals surface area (Å²) in [5.74, 6) is 0.965. The van der Waals surface area contributed by atoms with Gasteiger partial charge in [-0.15, -0.1) is 0 Å². The Morgan fingerprint density at radius 3 is 2.80 bits per heavy atom. The van der Waals surface area contributed by atoms with Gasteiger partial charge in [-0.1, -0.05) is 0 Å². The summed E-state index contributed by atoms with van der Waals surface area (Å²) in [6, 6.07) is 3.40. The molecule has 2 unspecified atom stereocenters. The Labute approximate surface area is 117 Å². The van der Waals surface area contributed by atoms with E-state index in [2.05, 4.69) is 5.32 Å². The van der Waals surface area contributed by atoms with E-state index in [9.17, 15) is 4.79 Å². The van der Waals surface area contributed by atoms with Crippen molar-refractivity contribution in [3.63, 3.8) is 0 Å². The minimum atomic E-state index is -0.178. The molecule has 3 rings (SSSR count). The van der Waals surface area contributed by atoms with E-state index in [0.717, 1.165) is 19.3 Å². The van der Waals surface area contributed by atoms with Gasteiger partial charge in [0.15, 0.2) is 11.5 Å². The van der Waals surface area contributed by atoms with E-state index in [1.807, 2.05) is 0 Å². The lowest BCUT2D eigenvalue weighted by Gasteiger charge is -2.14. The molecule has 0 spiro atoms. The molecule has 6 heteroatoms. The van der Waals surface area contributed by atoms with Crippen LogP contribution in [0.4, 0.5) is 5.69 Å². The Morgan fingerprint density at radius 2 is 2.10 bits per heavy atom. The first-order valence-corrected chi connectivity index (χ1v) is 6.70. The zero-order chi connectivity index (χ0) is 14.1. The highest BCUT2D eigenvalue weighted by Gasteiger charge is 2.27. The number of methoxy groups -OCH3 is 1. The van der Waals surface area contributed by atoms with E-state index in [1.165, 1.54) is 0 Å². The van der Waals surface area contributed by atoms with Crippen LogP contribution in [0.15, 0.2) is 12.1 Å². The van der Waals surface area contributed by atoms with Crippen LogP contribution in [0.1, 0.15) is 29.6 Å². The van der Waals surface area contributed by atoms with Gasteiger partial charge in [0.05, 0.1) is 11.7 Å². The quantitative estimate of drug-likeness (QED) is 0.814. The van der Waals surface area contributed by atoms with Gasteiger partial charge in [0.2, 0.25) is 6.79 Å². The van der Waals surface area contributed by atoms with Crippen LogP contribution in [-0.4, -0.2) is 32.0 Å². The van der Waals surface area contributed by atoms with Crippen LogP contribution in [0, 0.1) is 0 Å². The van der Waals surface area contributed by atoms with E-state index in [0.29, 0.717) is 22.7 Å². The van der Waals surface area contributed by atoms with Crippen molar-refractivity contribution in [1.82, 2.24) is 5.32 Å². The van der Waals surface area contributed by atoms with Gasteiger partial charge in [-0.25, -0.2) is 0 Å². The molecule has 1 aliphatic carbocycles. The molecule has 3 N–H and O–H groups in total. The summed E-state index contributed by atoms with van der Waals surface area (Å²) >= 11 is 0. The first-order valence-electron chi connectivity index (χ1n) is 6.70. The highest BCUT2D eigenvalue weighted by molar-refractivity contribution is 6.00. The largest absolute Gasteiger partial charge is 0.454 e. The number of fused-ring (bicyclic) bond motifs is 1. The summed E-state index contributed by atoms with van der Waals surface area (Å²) in [6.07, 6.45) is 2.97. The molecule has 1 fully saturated rings. The van der Waals surface area contributed by atoms with Gasteiger partial charge in [-0.3, -0.25) is 4.79 Å². The zero-order valence-corrected chi connectivity index (χ0v) is 11.3. The number of amides is 1. The van der Waals surface area contributed by atoms with Crippen LogP contribution in [0.2, 0.25) is 0 Å². The molecule has 1 heterocycles. The molecule has 108 valence electrons. The van der Waals surface area contributed by atoms with Crippen molar-refractivity contribution >= 4 is 11.6 Å². The Bertz CT molecular complexity index is 532. The maximum Gasteiger partial charge on any atom is 0.253 e. The third kappa shape index (κ3) is 2.38. The van der Waals surface area contributed by atoms with Crippen LogP contribution in [0.25, 0.3) is 0 Å². The van der Waals surface area contributed by atoms with E-state index in [4.69, 9.17) is 19.9 Å². The van der Waals surface area contributed by atoms with Gasteiger partial charge in [0, 0.05) is 24.9 Å². The number of ether oxygens (including phenoxy) is 3. The Hall–Kier alpha value is -1.95. The topological polar surface area (TPSA) is 82.8 Å². The molecule has 6 nitrogen and oxygen atoms in total. The maximum atomic E-state index is 12.3. The third-order valence-corrected chi connectivity index (χ3v) is 3.84. The molecule has 0 radical (unpaired) electrons. The van der Waals surface area contributed by atoms with Crippen molar-refractivity contribution in [2.24, 2.45) is 0 Å². The Balaban J connectivity index is 1.71. The fraction of sp³-hybridized carbons (Fsp3) is 0.500. The second-order valence-corrected chi connectivity index (χ2v) is 5.13. The molecule has 2 aliphatic rings. The van der Waals surface area contributed by atoms with Crippen molar-refractivity contribution in [1.29, 1.82) is 0 Å². The van der Waals surface area contributed by atoms with Crippen LogP contribution < -0.4 is 20.5 Å². The van der Waals surface area contributed by atoms with Crippen LogP contribution in [0.5, 0.6) is 11.5 Å². The van der Waals surface area contributed by atoms with Crippen molar-refractivity contribution < 1.29 is 19.0 Å². The van der Waals surface area contributed by atoms with Crippen LogP contribution in [0.3, 0.4) is 0 Å². The molecule has 20 heavy (non-hydrogen) atoms. The molecule has 2 atom stereocenters. The molecule has 1 amide bonds. The van der Waals surface area contributed by atoms with Crippen LogP contribution in [-0.2, 0) is 4.74 Å². The molecule has 1 aliphatic heterocycles. The summed E-state index contributed by atoms with van der Waals surface area (Å²) < 4.78 is 15.8. The zero-order valence-electron chi connectivity index (χ0n) is 11.3. The monoisotopic (exact) mass is 278 g/mol. The van der Waals surface area contributed by atoms with Gasteiger partial charge in [0.1, 0.15) is 0 Å². The van der Waals surface area contributed by atoms with Gasteiger partial charge in [0.25, 0.3) is 5.91 Å². The summed E-state index contributed by atoms with van der Waals surface area (Å²) in [6.45, 7) is 0.165. The molecule has 1 aromatic rings. The van der Waals surface area contributed by atoms with Crippen LogP contribution >= 0.6 is 0 Å². The fourth-order valence-electron chi connectivity index (χ4n) is 2.70. The number of carbonyl (C=O) groups is 1. The smallest absolute Gasteiger partial charge is 0.253 e. The first-order chi connectivity index (χ1) is 9.67. The molecule has 0 bridgehead atoms. The summed E-state index contributed by atoms with van der Waals surface area (Å²) in [5.41, 5.74) is 6.72. The average molecular weight is 278 g/mol. The second kappa shape index (κ2) is 5.20. The molecule has 0 aromatic heterocycles.